The molecule has 4 nitrogen and oxygen atoms in total. The van der Waals surface area contributed by atoms with Crippen LogP contribution in [0.5, 0.6) is 0 Å². The summed E-state index contributed by atoms with van der Waals surface area (Å²) in [6.45, 7) is 0. The molecule has 4 rings (SSSR count). The van der Waals surface area contributed by atoms with Crippen LogP contribution in [0.25, 0.3) is 0 Å². The van der Waals surface area contributed by atoms with Gasteiger partial charge in [-0.05, 0) is 35.6 Å². The van der Waals surface area contributed by atoms with E-state index < -0.39 is 0 Å². The van der Waals surface area contributed by atoms with E-state index in [1.165, 1.54) is 0 Å². The van der Waals surface area contributed by atoms with Crippen molar-refractivity contribution in [1.29, 1.82) is 0 Å². The molecule has 2 atom stereocenters. The molecule has 0 saturated heterocycles. The molecular weight excluding hydrogens is 407 g/mol. The van der Waals surface area contributed by atoms with Gasteiger partial charge in [0.1, 0.15) is 0 Å². The molecule has 0 radical (unpaired) electrons. The van der Waals surface area contributed by atoms with Gasteiger partial charge in [0.15, 0.2) is 5.78 Å². The fourth-order valence-electron chi connectivity index (χ4n) is 4.49. The van der Waals surface area contributed by atoms with Gasteiger partial charge in [-0.15, -0.1) is 0 Å². The molecule has 6 heteroatoms. The molecule has 2 aromatic carbocycles. The molecule has 1 aliphatic carbocycles. The number of Topliss-reactive ketones (excluding diaryl/α,β-unsaturated/α-hetero) is 1. The fraction of sp³-hybridized carbons (Fsp3) is 0.304. The number of carbonyl (C=O) groups is 2. The highest BCUT2D eigenvalue weighted by atomic mass is 35.5. The van der Waals surface area contributed by atoms with Gasteiger partial charge in [-0.1, -0.05) is 59.6 Å². The van der Waals surface area contributed by atoms with Crippen LogP contribution in [-0.2, 0) is 9.59 Å². The number of rotatable bonds is 3. The van der Waals surface area contributed by atoms with Gasteiger partial charge in [0.2, 0.25) is 5.91 Å². The zero-order valence-electron chi connectivity index (χ0n) is 16.4. The second kappa shape index (κ2) is 7.94. The SMILES string of the molecule is CN(C)N1C(=O)C[C@@H](c2ccc(Cl)cc2Cl)C2=C1C[C@H](c1ccccc1)CC2=O. The fourth-order valence-corrected chi connectivity index (χ4v) is 5.04. The molecular formula is C23H22Cl2N2O2. The number of hydrogen-bond donors (Lipinski definition) is 0. The van der Waals surface area contributed by atoms with Gasteiger partial charge in [0.05, 0.1) is 0 Å². The average molecular weight is 429 g/mol. The van der Waals surface area contributed by atoms with Crippen molar-refractivity contribution in [2.45, 2.75) is 31.1 Å². The molecule has 1 amide bonds. The third-order valence-electron chi connectivity index (χ3n) is 5.71. The Morgan fingerprint density at radius 2 is 1.69 bits per heavy atom. The summed E-state index contributed by atoms with van der Waals surface area (Å²) in [7, 11) is 3.66. The van der Waals surface area contributed by atoms with E-state index in [-0.39, 0.29) is 29.9 Å². The number of nitrogens with zero attached hydrogens (tertiary/aromatic N) is 2. The summed E-state index contributed by atoms with van der Waals surface area (Å²) in [4.78, 5) is 26.4. The van der Waals surface area contributed by atoms with Crippen molar-refractivity contribution < 1.29 is 9.59 Å². The zero-order chi connectivity index (χ0) is 20.7. The molecule has 2 aliphatic rings. The maximum atomic E-state index is 13.4. The molecule has 0 saturated carbocycles. The van der Waals surface area contributed by atoms with Crippen LogP contribution < -0.4 is 0 Å². The molecule has 0 spiro atoms. The first-order valence-electron chi connectivity index (χ1n) is 9.63. The molecule has 2 aromatic rings. The lowest BCUT2D eigenvalue weighted by molar-refractivity contribution is -0.143. The van der Waals surface area contributed by atoms with Crippen LogP contribution in [0.3, 0.4) is 0 Å². The maximum absolute atomic E-state index is 13.4. The Morgan fingerprint density at radius 3 is 2.34 bits per heavy atom. The Balaban J connectivity index is 1.83. The van der Waals surface area contributed by atoms with Crippen LogP contribution >= 0.6 is 23.2 Å². The van der Waals surface area contributed by atoms with Crippen LogP contribution in [-0.4, -0.2) is 35.8 Å². The lowest BCUT2D eigenvalue weighted by Crippen LogP contribution is -2.48. The molecule has 0 unspecified atom stereocenters. The summed E-state index contributed by atoms with van der Waals surface area (Å²) in [6.07, 6.45) is 1.27. The second-order valence-electron chi connectivity index (χ2n) is 7.77. The van der Waals surface area contributed by atoms with Gasteiger partial charge >= 0.3 is 0 Å². The Hall–Kier alpha value is -2.14. The van der Waals surface area contributed by atoms with Crippen LogP contribution in [0.2, 0.25) is 10.0 Å². The second-order valence-corrected chi connectivity index (χ2v) is 8.62. The summed E-state index contributed by atoms with van der Waals surface area (Å²) in [5.74, 6) is -0.249. The Morgan fingerprint density at radius 1 is 0.966 bits per heavy atom. The van der Waals surface area contributed by atoms with Crippen molar-refractivity contribution in [2.75, 3.05) is 14.1 Å². The van der Waals surface area contributed by atoms with Crippen molar-refractivity contribution in [2.24, 2.45) is 0 Å². The minimum atomic E-state index is -0.345. The highest BCUT2D eigenvalue weighted by Crippen LogP contribution is 2.47. The highest BCUT2D eigenvalue weighted by molar-refractivity contribution is 6.35. The first-order valence-corrected chi connectivity index (χ1v) is 10.4. The van der Waals surface area contributed by atoms with Gasteiger partial charge in [-0.2, -0.15) is 0 Å². The van der Waals surface area contributed by atoms with Gasteiger partial charge in [0.25, 0.3) is 0 Å². The molecule has 1 heterocycles. The standard InChI is InChI=1S/C23H22Cl2N2O2/c1-26(2)27-20-10-15(14-6-4-3-5-7-14)11-21(28)23(20)18(13-22(27)29)17-9-8-16(24)12-19(17)25/h3-9,12,15,18H,10-11,13H2,1-2H3/t15-,18-/m0/s1. The summed E-state index contributed by atoms with van der Waals surface area (Å²) >= 11 is 12.5. The van der Waals surface area contributed by atoms with Crippen molar-refractivity contribution >= 4 is 34.9 Å². The van der Waals surface area contributed by atoms with Crippen molar-refractivity contribution in [3.8, 4) is 0 Å². The summed E-state index contributed by atoms with van der Waals surface area (Å²) in [5, 5.41) is 4.43. The number of allylic oxidation sites excluding steroid dienone is 2. The van der Waals surface area contributed by atoms with Crippen LogP contribution in [0, 0.1) is 0 Å². The van der Waals surface area contributed by atoms with E-state index >= 15 is 0 Å². The lowest BCUT2D eigenvalue weighted by atomic mass is 9.73. The first kappa shape index (κ1) is 20.1. The molecule has 0 bridgehead atoms. The van der Waals surface area contributed by atoms with E-state index in [4.69, 9.17) is 23.2 Å². The molecule has 1 aliphatic heterocycles. The Bertz CT molecular complexity index is 1000. The van der Waals surface area contributed by atoms with Gasteiger partial charge in [0, 0.05) is 54.2 Å². The number of carbonyl (C=O) groups excluding carboxylic acids is 2. The summed E-state index contributed by atoms with van der Waals surface area (Å²) < 4.78 is 0. The van der Waals surface area contributed by atoms with Gasteiger partial charge < -0.3 is 0 Å². The Labute approximate surface area is 180 Å². The topological polar surface area (TPSA) is 40.6 Å². The molecule has 0 fully saturated rings. The predicted molar refractivity (Wildman–Crippen MR) is 115 cm³/mol. The van der Waals surface area contributed by atoms with E-state index in [0.29, 0.717) is 28.5 Å². The van der Waals surface area contributed by atoms with Gasteiger partial charge in [-0.3, -0.25) is 9.59 Å². The van der Waals surface area contributed by atoms with Gasteiger partial charge in [-0.25, -0.2) is 10.0 Å². The minimum absolute atomic E-state index is 0.0359. The normalized spacial score (nSPS) is 22.3. The van der Waals surface area contributed by atoms with E-state index in [9.17, 15) is 9.59 Å². The molecule has 0 N–H and O–H groups in total. The Kier molecular flexibility index (Phi) is 5.52. The zero-order valence-corrected chi connectivity index (χ0v) is 17.9. The van der Waals surface area contributed by atoms with E-state index in [2.05, 4.69) is 0 Å². The highest BCUT2D eigenvalue weighted by Gasteiger charge is 2.43. The minimum Gasteiger partial charge on any atom is -0.294 e. The summed E-state index contributed by atoms with van der Waals surface area (Å²) in [5.41, 5.74) is 3.38. The predicted octanol–water partition coefficient (Wildman–Crippen LogP) is 5.19. The van der Waals surface area contributed by atoms with Crippen LogP contribution in [0.1, 0.15) is 42.2 Å². The van der Waals surface area contributed by atoms with E-state index in [1.54, 1.807) is 22.2 Å². The van der Waals surface area contributed by atoms with Crippen LogP contribution in [0.4, 0.5) is 0 Å². The third-order valence-corrected chi connectivity index (χ3v) is 6.27. The van der Waals surface area contributed by atoms with E-state index in [0.717, 1.165) is 16.8 Å². The maximum Gasteiger partial charge on any atom is 0.242 e. The van der Waals surface area contributed by atoms with E-state index in [1.807, 2.05) is 50.5 Å². The third kappa shape index (κ3) is 3.73. The monoisotopic (exact) mass is 428 g/mol. The number of hydrogen-bond acceptors (Lipinski definition) is 3. The van der Waals surface area contributed by atoms with Crippen molar-refractivity contribution in [3.63, 3.8) is 0 Å². The first-order chi connectivity index (χ1) is 13.9. The molecule has 150 valence electrons. The number of halogens is 2. The lowest BCUT2D eigenvalue weighted by Gasteiger charge is -2.42. The van der Waals surface area contributed by atoms with Crippen molar-refractivity contribution in [1.82, 2.24) is 10.0 Å². The number of ketones is 1. The number of hydrazine groups is 1. The molecule has 29 heavy (non-hydrogen) atoms. The summed E-state index contributed by atoms with van der Waals surface area (Å²) in [6, 6.07) is 15.3. The smallest absolute Gasteiger partial charge is 0.242 e. The molecule has 0 aromatic heterocycles. The number of benzene rings is 2. The number of amides is 1. The average Bonchev–Trinajstić information content (AvgIpc) is 2.67. The van der Waals surface area contributed by atoms with Crippen LogP contribution in [0.15, 0.2) is 59.8 Å². The quantitative estimate of drug-likeness (QED) is 0.675. The van der Waals surface area contributed by atoms with Crippen molar-refractivity contribution in [3.05, 3.63) is 81.0 Å². The largest absolute Gasteiger partial charge is 0.294 e.